The Labute approximate surface area is 223 Å². The van der Waals surface area contributed by atoms with Crippen molar-refractivity contribution in [3.05, 3.63) is 100 Å². The highest BCUT2D eigenvalue weighted by atomic mass is 35.5. The summed E-state index contributed by atoms with van der Waals surface area (Å²) in [5.74, 6) is -0.540. The van der Waals surface area contributed by atoms with Gasteiger partial charge in [-0.05, 0) is 59.2 Å². The van der Waals surface area contributed by atoms with Crippen molar-refractivity contribution >= 4 is 29.0 Å². The van der Waals surface area contributed by atoms with E-state index in [0.29, 0.717) is 34.3 Å². The van der Waals surface area contributed by atoms with Gasteiger partial charge in [-0.1, -0.05) is 42.7 Å². The smallest absolute Gasteiger partial charge is 0.335 e. The molecule has 0 bridgehead atoms. The van der Waals surface area contributed by atoms with Crippen molar-refractivity contribution in [3.63, 3.8) is 0 Å². The minimum absolute atomic E-state index is 0.135. The monoisotopic (exact) mass is 526 g/mol. The van der Waals surface area contributed by atoms with Crippen molar-refractivity contribution in [2.45, 2.75) is 31.6 Å². The summed E-state index contributed by atoms with van der Waals surface area (Å²) < 4.78 is 2.46. The molecule has 2 aromatic carbocycles. The van der Waals surface area contributed by atoms with Crippen LogP contribution in [0.15, 0.2) is 78.2 Å². The minimum atomic E-state index is -0.975. The topological polar surface area (TPSA) is 120 Å². The second-order valence-corrected chi connectivity index (χ2v) is 10.0. The molecule has 3 heterocycles. The van der Waals surface area contributed by atoms with Crippen LogP contribution >= 0.6 is 11.6 Å². The minimum Gasteiger partial charge on any atom is -0.618 e. The van der Waals surface area contributed by atoms with Crippen LogP contribution in [0.5, 0.6) is 0 Å². The summed E-state index contributed by atoms with van der Waals surface area (Å²) in [6, 6.07) is 15.9. The first kappa shape index (κ1) is 24.0. The molecule has 1 saturated carbocycles. The number of tetrazole rings is 1. The van der Waals surface area contributed by atoms with Crippen LogP contribution < -0.4 is 4.73 Å². The van der Waals surface area contributed by atoms with Crippen LogP contribution in [-0.4, -0.2) is 37.0 Å². The molecule has 0 radical (unpaired) electrons. The van der Waals surface area contributed by atoms with Gasteiger partial charge in [0, 0.05) is 39.9 Å². The molecule has 190 valence electrons. The van der Waals surface area contributed by atoms with E-state index in [1.54, 1.807) is 36.5 Å². The number of nitrogens with zero attached hydrogens (tertiary/aromatic N) is 6. The van der Waals surface area contributed by atoms with Gasteiger partial charge in [0.2, 0.25) is 5.69 Å². The highest BCUT2D eigenvalue weighted by Crippen LogP contribution is 2.41. The van der Waals surface area contributed by atoms with Gasteiger partial charge >= 0.3 is 5.97 Å². The standard InChI is InChI=1S/C28H23ClN6O3/c29-21-7-11-26(34-16-30-32-33-34)22(14-21)20-6-10-27(35(38)15-20)23(12-17-4-5-17)25-9-8-24(31-25)18-2-1-3-19(13-18)28(36)37/h1-3,6-8,10-11,13-17,23H,4-5,9,12H2,(H,36,37). The molecule has 2 aromatic heterocycles. The molecular formula is C28H23ClN6O3. The predicted octanol–water partition coefficient (Wildman–Crippen LogP) is 5.08. The van der Waals surface area contributed by atoms with E-state index in [1.165, 1.54) is 11.0 Å². The predicted molar refractivity (Wildman–Crippen MR) is 142 cm³/mol. The maximum Gasteiger partial charge on any atom is 0.335 e. The molecule has 1 unspecified atom stereocenters. The van der Waals surface area contributed by atoms with Crippen molar-refractivity contribution in [1.29, 1.82) is 0 Å². The summed E-state index contributed by atoms with van der Waals surface area (Å²) in [5, 5.41) is 34.8. The van der Waals surface area contributed by atoms with E-state index in [0.717, 1.165) is 46.5 Å². The van der Waals surface area contributed by atoms with Crippen molar-refractivity contribution < 1.29 is 14.6 Å². The number of hydrogen-bond acceptors (Lipinski definition) is 6. The SMILES string of the molecule is O=C(O)c1cccc(C2=CCC(C(CC3CC3)c3ccc(-c4cc(Cl)ccc4-n4cnnn4)c[n+]3[O-])=N2)c1. The van der Waals surface area contributed by atoms with E-state index in [1.807, 2.05) is 30.3 Å². The zero-order valence-corrected chi connectivity index (χ0v) is 21.0. The number of aromatic carboxylic acids is 1. The van der Waals surface area contributed by atoms with Crippen molar-refractivity contribution in [2.75, 3.05) is 0 Å². The number of carboxylic acids is 1. The number of benzene rings is 2. The number of carbonyl (C=O) groups is 1. The molecule has 0 saturated heterocycles. The Morgan fingerprint density at radius 1 is 1.16 bits per heavy atom. The molecule has 0 amide bonds. The molecule has 0 spiro atoms. The third-order valence-electron chi connectivity index (χ3n) is 7.01. The first-order valence-electron chi connectivity index (χ1n) is 12.3. The summed E-state index contributed by atoms with van der Waals surface area (Å²) in [5.41, 5.74) is 5.41. The number of carboxylic acid groups (broad SMARTS) is 1. The van der Waals surface area contributed by atoms with E-state index >= 15 is 0 Å². The normalized spacial score (nSPS) is 15.7. The summed E-state index contributed by atoms with van der Waals surface area (Å²) in [6.45, 7) is 0. The van der Waals surface area contributed by atoms with Gasteiger partial charge in [-0.15, -0.1) is 5.10 Å². The average molecular weight is 527 g/mol. The first-order chi connectivity index (χ1) is 18.5. The van der Waals surface area contributed by atoms with Gasteiger partial charge in [-0.2, -0.15) is 9.41 Å². The third kappa shape index (κ3) is 4.80. The van der Waals surface area contributed by atoms with Gasteiger partial charge < -0.3 is 10.3 Å². The molecule has 6 rings (SSSR count). The highest BCUT2D eigenvalue weighted by Gasteiger charge is 2.34. The van der Waals surface area contributed by atoms with Gasteiger partial charge in [0.05, 0.1) is 22.9 Å². The molecule has 1 aliphatic carbocycles. The van der Waals surface area contributed by atoms with Crippen LogP contribution in [0.3, 0.4) is 0 Å². The van der Waals surface area contributed by atoms with Crippen molar-refractivity contribution in [3.8, 4) is 16.8 Å². The summed E-state index contributed by atoms with van der Waals surface area (Å²) >= 11 is 6.29. The lowest BCUT2D eigenvalue weighted by Crippen LogP contribution is -2.35. The average Bonchev–Trinajstić information content (AvgIpc) is 3.36. The van der Waals surface area contributed by atoms with Gasteiger partial charge in [0.1, 0.15) is 6.33 Å². The van der Waals surface area contributed by atoms with Crippen LogP contribution in [0, 0.1) is 11.1 Å². The quantitative estimate of drug-likeness (QED) is 0.252. The van der Waals surface area contributed by atoms with E-state index in [-0.39, 0.29) is 11.5 Å². The Balaban J connectivity index is 1.34. The van der Waals surface area contributed by atoms with Crippen LogP contribution in [0.1, 0.15) is 53.2 Å². The summed E-state index contributed by atoms with van der Waals surface area (Å²) in [4.78, 5) is 16.3. The number of pyridine rings is 1. The lowest BCUT2D eigenvalue weighted by atomic mass is 9.90. The van der Waals surface area contributed by atoms with Crippen molar-refractivity contribution in [2.24, 2.45) is 10.9 Å². The van der Waals surface area contributed by atoms with Gasteiger partial charge in [-0.25, -0.2) is 4.79 Å². The van der Waals surface area contributed by atoms with Gasteiger partial charge in [0.25, 0.3) is 0 Å². The second-order valence-electron chi connectivity index (χ2n) is 9.60. The molecule has 1 atom stereocenters. The Morgan fingerprint density at radius 3 is 2.76 bits per heavy atom. The van der Waals surface area contributed by atoms with E-state index in [2.05, 4.69) is 15.5 Å². The Hall–Kier alpha value is -4.37. The van der Waals surface area contributed by atoms with Crippen LogP contribution in [0.25, 0.3) is 22.5 Å². The number of aliphatic imine (C=N–C) groups is 1. The summed E-state index contributed by atoms with van der Waals surface area (Å²) in [7, 11) is 0. The molecule has 4 aromatic rings. The molecule has 1 N–H and O–H groups in total. The maximum absolute atomic E-state index is 13.5. The molecule has 10 heteroatoms. The first-order valence-corrected chi connectivity index (χ1v) is 12.7. The molecule has 1 aliphatic heterocycles. The number of allylic oxidation sites excluding steroid dienone is 1. The fraction of sp³-hybridized carbons (Fsp3) is 0.214. The number of rotatable bonds is 8. The van der Waals surface area contributed by atoms with E-state index < -0.39 is 5.97 Å². The Bertz CT molecular complexity index is 1590. The van der Waals surface area contributed by atoms with Crippen molar-refractivity contribution in [1.82, 2.24) is 20.2 Å². The Kier molecular flexibility index (Phi) is 6.21. The van der Waals surface area contributed by atoms with E-state index in [9.17, 15) is 15.1 Å². The number of aromatic nitrogens is 5. The Morgan fingerprint density at radius 2 is 2.03 bits per heavy atom. The maximum atomic E-state index is 13.5. The molecule has 9 nitrogen and oxygen atoms in total. The molecular weight excluding hydrogens is 504 g/mol. The largest absolute Gasteiger partial charge is 0.618 e. The summed E-state index contributed by atoms with van der Waals surface area (Å²) in [6.07, 6.45) is 8.83. The number of halogens is 1. The lowest BCUT2D eigenvalue weighted by Gasteiger charge is -2.18. The zero-order valence-electron chi connectivity index (χ0n) is 20.2. The van der Waals surface area contributed by atoms with Crippen LogP contribution in [0.2, 0.25) is 5.02 Å². The second kappa shape index (κ2) is 9.83. The fourth-order valence-electron chi connectivity index (χ4n) is 4.91. The number of hydrogen-bond donors (Lipinski definition) is 1. The van der Waals surface area contributed by atoms with Gasteiger partial charge in [-0.3, -0.25) is 4.99 Å². The zero-order chi connectivity index (χ0) is 26.2. The van der Waals surface area contributed by atoms with E-state index in [4.69, 9.17) is 16.6 Å². The third-order valence-corrected chi connectivity index (χ3v) is 7.24. The molecule has 1 fully saturated rings. The van der Waals surface area contributed by atoms with Gasteiger partial charge in [0.15, 0.2) is 6.20 Å². The fourth-order valence-corrected chi connectivity index (χ4v) is 5.08. The van der Waals surface area contributed by atoms with Crippen LogP contribution in [0.4, 0.5) is 0 Å². The van der Waals surface area contributed by atoms with Crippen LogP contribution in [-0.2, 0) is 0 Å². The lowest BCUT2D eigenvalue weighted by molar-refractivity contribution is -0.614. The highest BCUT2D eigenvalue weighted by molar-refractivity contribution is 6.31. The molecule has 2 aliphatic rings. The molecule has 38 heavy (non-hydrogen) atoms.